The predicted octanol–water partition coefficient (Wildman–Crippen LogP) is 3.87. The zero-order valence-corrected chi connectivity index (χ0v) is 21.1. The standard InChI is InChI=1S/C25H29N3O7S/c1-16(2)35-19-5-7-20(8-6-19)36(32,33)28-11-10-17(13-28)22-14-27(15-24(29)30)23-12-18(4-9-21(22)23)26-25(31)34-3/h4-9,12,14,16-17H,10-11,13,15H2,1-3H3,(H,26,31)(H,29,30). The summed E-state index contributed by atoms with van der Waals surface area (Å²) >= 11 is 0. The van der Waals surface area contributed by atoms with Crippen LogP contribution in [0.1, 0.15) is 31.7 Å². The van der Waals surface area contributed by atoms with Crippen LogP contribution in [0.3, 0.4) is 0 Å². The van der Waals surface area contributed by atoms with Crippen molar-refractivity contribution in [1.29, 1.82) is 0 Å². The number of nitrogens with one attached hydrogen (secondary N) is 1. The number of amides is 1. The number of aromatic nitrogens is 1. The van der Waals surface area contributed by atoms with Gasteiger partial charge >= 0.3 is 12.1 Å². The highest BCUT2D eigenvalue weighted by Gasteiger charge is 2.34. The van der Waals surface area contributed by atoms with E-state index in [-0.39, 0.29) is 30.0 Å². The fourth-order valence-corrected chi connectivity index (χ4v) is 5.98. The minimum Gasteiger partial charge on any atom is -0.491 e. The van der Waals surface area contributed by atoms with Crippen LogP contribution in [-0.4, -0.2) is 60.8 Å². The van der Waals surface area contributed by atoms with Gasteiger partial charge in [-0.05, 0) is 62.2 Å². The van der Waals surface area contributed by atoms with Crippen LogP contribution in [0.15, 0.2) is 53.6 Å². The van der Waals surface area contributed by atoms with Crippen molar-refractivity contribution < 1.29 is 32.6 Å². The highest BCUT2D eigenvalue weighted by atomic mass is 32.2. The van der Waals surface area contributed by atoms with Gasteiger partial charge < -0.3 is 19.1 Å². The molecule has 0 aliphatic carbocycles. The molecule has 192 valence electrons. The quantitative estimate of drug-likeness (QED) is 0.466. The van der Waals surface area contributed by atoms with E-state index in [1.54, 1.807) is 53.2 Å². The zero-order chi connectivity index (χ0) is 26.0. The molecule has 0 bridgehead atoms. The first-order valence-corrected chi connectivity index (χ1v) is 13.0. The van der Waals surface area contributed by atoms with Crippen LogP contribution in [0.5, 0.6) is 5.75 Å². The molecule has 0 radical (unpaired) electrons. The lowest BCUT2D eigenvalue weighted by Gasteiger charge is -2.17. The molecule has 1 fully saturated rings. The summed E-state index contributed by atoms with van der Waals surface area (Å²) in [7, 11) is -2.44. The molecule has 4 rings (SSSR count). The Bertz CT molecular complexity index is 1380. The molecular weight excluding hydrogens is 486 g/mol. The molecule has 1 saturated heterocycles. The number of benzene rings is 2. The third-order valence-corrected chi connectivity index (χ3v) is 7.95. The van der Waals surface area contributed by atoms with Gasteiger partial charge in [0.2, 0.25) is 10.0 Å². The summed E-state index contributed by atoms with van der Waals surface area (Å²) < 4.78 is 39.9. The molecule has 1 aliphatic heterocycles. The Balaban J connectivity index is 1.60. The first-order chi connectivity index (χ1) is 17.1. The second-order valence-electron chi connectivity index (χ2n) is 8.94. The molecule has 2 N–H and O–H groups in total. The van der Waals surface area contributed by atoms with Gasteiger partial charge in [0.05, 0.1) is 23.6 Å². The largest absolute Gasteiger partial charge is 0.491 e. The molecule has 2 heterocycles. The van der Waals surface area contributed by atoms with Gasteiger partial charge in [-0.2, -0.15) is 4.31 Å². The van der Waals surface area contributed by atoms with Crippen LogP contribution in [0.4, 0.5) is 10.5 Å². The Morgan fingerprint density at radius 1 is 1.17 bits per heavy atom. The van der Waals surface area contributed by atoms with Crippen molar-refractivity contribution in [2.24, 2.45) is 0 Å². The van der Waals surface area contributed by atoms with E-state index in [0.717, 1.165) is 10.9 Å². The first-order valence-electron chi connectivity index (χ1n) is 11.5. The number of fused-ring (bicyclic) bond motifs is 1. The number of carbonyl (C=O) groups excluding carboxylic acids is 1. The third-order valence-electron chi connectivity index (χ3n) is 6.07. The number of hydrogen-bond acceptors (Lipinski definition) is 6. The summed E-state index contributed by atoms with van der Waals surface area (Å²) in [5.74, 6) is -0.513. The molecule has 11 heteroatoms. The van der Waals surface area contributed by atoms with Crippen molar-refractivity contribution in [2.75, 3.05) is 25.5 Å². The molecule has 3 aromatic rings. The van der Waals surface area contributed by atoms with E-state index in [4.69, 9.17) is 4.74 Å². The van der Waals surface area contributed by atoms with Gasteiger partial charge in [0, 0.05) is 36.3 Å². The van der Waals surface area contributed by atoms with Crippen molar-refractivity contribution in [1.82, 2.24) is 8.87 Å². The fraction of sp³-hybridized carbons (Fsp3) is 0.360. The number of ether oxygens (including phenoxy) is 2. The van der Waals surface area contributed by atoms with E-state index in [1.165, 1.54) is 11.4 Å². The number of nitrogens with zero attached hydrogens (tertiary/aromatic N) is 2. The van der Waals surface area contributed by atoms with E-state index >= 15 is 0 Å². The van der Waals surface area contributed by atoms with E-state index in [0.29, 0.717) is 29.9 Å². The first kappa shape index (κ1) is 25.5. The molecule has 1 unspecified atom stereocenters. The van der Waals surface area contributed by atoms with Crippen molar-refractivity contribution >= 4 is 38.7 Å². The van der Waals surface area contributed by atoms with Gasteiger partial charge in [0.25, 0.3) is 0 Å². The molecule has 1 amide bonds. The zero-order valence-electron chi connectivity index (χ0n) is 20.3. The van der Waals surface area contributed by atoms with Gasteiger partial charge in [-0.1, -0.05) is 6.07 Å². The lowest BCUT2D eigenvalue weighted by atomic mass is 9.98. The average molecular weight is 516 g/mol. The maximum absolute atomic E-state index is 13.3. The number of sulfonamides is 1. The molecule has 1 atom stereocenters. The van der Waals surface area contributed by atoms with Crippen molar-refractivity contribution in [2.45, 2.75) is 43.7 Å². The normalized spacial score (nSPS) is 16.4. The van der Waals surface area contributed by atoms with Crippen LogP contribution in [0.2, 0.25) is 0 Å². The molecular formula is C25H29N3O7S. The summed E-state index contributed by atoms with van der Waals surface area (Å²) in [6, 6.07) is 11.6. The third kappa shape index (κ3) is 5.31. The van der Waals surface area contributed by atoms with E-state index < -0.39 is 22.1 Å². The van der Waals surface area contributed by atoms with Crippen molar-refractivity contribution in [3.05, 3.63) is 54.2 Å². The van der Waals surface area contributed by atoms with Crippen LogP contribution in [-0.2, 0) is 26.1 Å². The summed E-state index contributed by atoms with van der Waals surface area (Å²) in [4.78, 5) is 23.3. The summed E-state index contributed by atoms with van der Waals surface area (Å²) in [6.07, 6.45) is 1.72. The Kier molecular flexibility index (Phi) is 7.23. The van der Waals surface area contributed by atoms with Crippen LogP contribution >= 0.6 is 0 Å². The average Bonchev–Trinajstić information content (AvgIpc) is 3.44. The smallest absolute Gasteiger partial charge is 0.411 e. The monoisotopic (exact) mass is 515 g/mol. The Labute approximate surface area is 209 Å². The summed E-state index contributed by atoms with van der Waals surface area (Å²) in [6.45, 7) is 4.17. The molecule has 1 aliphatic rings. The highest BCUT2D eigenvalue weighted by Crippen LogP contribution is 2.37. The van der Waals surface area contributed by atoms with Gasteiger partial charge in [-0.15, -0.1) is 0 Å². The van der Waals surface area contributed by atoms with Crippen LogP contribution in [0, 0.1) is 0 Å². The molecule has 1 aromatic heterocycles. The van der Waals surface area contributed by atoms with Gasteiger partial charge in [-0.25, -0.2) is 13.2 Å². The lowest BCUT2D eigenvalue weighted by Crippen LogP contribution is -2.28. The minimum atomic E-state index is -3.70. The second-order valence-corrected chi connectivity index (χ2v) is 10.9. The van der Waals surface area contributed by atoms with Gasteiger partial charge in [-0.3, -0.25) is 10.1 Å². The number of aliphatic carboxylic acids is 1. The number of carbonyl (C=O) groups is 2. The maximum atomic E-state index is 13.3. The van der Waals surface area contributed by atoms with Crippen LogP contribution in [0.25, 0.3) is 10.9 Å². The SMILES string of the molecule is COC(=O)Nc1ccc2c(C3CCN(S(=O)(=O)c4ccc(OC(C)C)cc4)C3)cn(CC(=O)O)c2c1. The molecule has 0 saturated carbocycles. The molecule has 2 aromatic carbocycles. The summed E-state index contributed by atoms with van der Waals surface area (Å²) in [5.41, 5.74) is 1.96. The van der Waals surface area contributed by atoms with Crippen molar-refractivity contribution in [3.63, 3.8) is 0 Å². The van der Waals surface area contributed by atoms with Crippen LogP contribution < -0.4 is 10.1 Å². The second kappa shape index (κ2) is 10.2. The highest BCUT2D eigenvalue weighted by molar-refractivity contribution is 7.89. The Morgan fingerprint density at radius 2 is 1.89 bits per heavy atom. The number of carboxylic acid groups (broad SMARTS) is 1. The minimum absolute atomic E-state index is 0.0117. The molecule has 36 heavy (non-hydrogen) atoms. The van der Waals surface area contributed by atoms with E-state index in [9.17, 15) is 23.1 Å². The van der Waals surface area contributed by atoms with Crippen molar-refractivity contribution in [3.8, 4) is 5.75 Å². The number of carboxylic acids is 1. The van der Waals surface area contributed by atoms with E-state index in [2.05, 4.69) is 10.1 Å². The topological polar surface area (TPSA) is 127 Å². The number of rotatable bonds is 8. The molecule has 10 nitrogen and oxygen atoms in total. The van der Waals surface area contributed by atoms with Gasteiger partial charge in [0.1, 0.15) is 12.3 Å². The van der Waals surface area contributed by atoms with Gasteiger partial charge in [0.15, 0.2) is 0 Å². The number of anilines is 1. The number of hydrogen-bond donors (Lipinski definition) is 2. The lowest BCUT2D eigenvalue weighted by molar-refractivity contribution is -0.137. The summed E-state index contributed by atoms with van der Waals surface area (Å²) in [5, 5.41) is 12.8. The predicted molar refractivity (Wildman–Crippen MR) is 134 cm³/mol. The molecule has 0 spiro atoms. The maximum Gasteiger partial charge on any atom is 0.411 e. The fourth-order valence-electron chi connectivity index (χ4n) is 4.48. The Morgan fingerprint density at radius 3 is 2.53 bits per heavy atom. The van der Waals surface area contributed by atoms with E-state index in [1.807, 2.05) is 13.8 Å². The number of methoxy groups -OCH3 is 1. The Hall–Kier alpha value is -3.57.